The van der Waals surface area contributed by atoms with Gasteiger partial charge >= 0.3 is 6.36 Å². The summed E-state index contributed by atoms with van der Waals surface area (Å²) in [5, 5.41) is 8.57. The summed E-state index contributed by atoms with van der Waals surface area (Å²) < 4.78 is 39.5. The number of pyridine rings is 1. The predicted octanol–water partition coefficient (Wildman–Crippen LogP) is 0.533. The molecule has 0 aromatic carbocycles. The number of hydrogen-bond donors (Lipinski definition) is 2. The van der Waals surface area contributed by atoms with Crippen molar-refractivity contribution < 1.29 is 22.7 Å². The maximum Gasteiger partial charge on any atom is 0.573 e. The van der Waals surface area contributed by atoms with Crippen molar-refractivity contribution in [2.45, 2.75) is 6.36 Å². The Morgan fingerprint density at radius 3 is 2.53 bits per heavy atom. The lowest BCUT2D eigenvalue weighted by molar-refractivity contribution is -0.274. The number of nitriles is 1. The Kier molecular flexibility index (Phi) is 3.08. The fraction of sp³-hybridized carbons (Fsp3) is 0.125. The zero-order valence-electron chi connectivity index (χ0n) is 8.08. The molecule has 90 valence electrons. The van der Waals surface area contributed by atoms with Gasteiger partial charge in [0.25, 0.3) is 5.91 Å². The summed E-state index contributed by atoms with van der Waals surface area (Å²) >= 11 is 0. The van der Waals surface area contributed by atoms with Crippen molar-refractivity contribution in [1.29, 1.82) is 5.26 Å². The summed E-state index contributed by atoms with van der Waals surface area (Å²) in [7, 11) is 0. The number of primary amides is 1. The van der Waals surface area contributed by atoms with Crippen molar-refractivity contribution in [2.75, 3.05) is 5.73 Å². The van der Waals surface area contributed by atoms with Crippen molar-refractivity contribution in [3.63, 3.8) is 0 Å². The Bertz CT molecular complexity index is 507. The number of carbonyl (C=O) groups excluding carboxylic acids is 1. The van der Waals surface area contributed by atoms with Crippen LogP contribution >= 0.6 is 0 Å². The van der Waals surface area contributed by atoms with E-state index in [0.717, 1.165) is 0 Å². The molecule has 0 radical (unpaired) electrons. The van der Waals surface area contributed by atoms with Crippen molar-refractivity contribution >= 4 is 11.6 Å². The van der Waals surface area contributed by atoms with Crippen LogP contribution in [0.1, 0.15) is 16.2 Å². The Labute approximate surface area is 92.6 Å². The second-order valence-electron chi connectivity index (χ2n) is 2.79. The van der Waals surface area contributed by atoms with E-state index in [9.17, 15) is 18.0 Å². The second kappa shape index (κ2) is 4.17. The fourth-order valence-electron chi connectivity index (χ4n) is 0.952. The van der Waals surface area contributed by atoms with Gasteiger partial charge in [-0.05, 0) is 0 Å². The van der Waals surface area contributed by atoms with E-state index in [-0.39, 0.29) is 0 Å². The van der Waals surface area contributed by atoms with E-state index in [1.807, 2.05) is 0 Å². The average molecular weight is 246 g/mol. The summed E-state index contributed by atoms with van der Waals surface area (Å²) in [6, 6.07) is 2.04. The largest absolute Gasteiger partial charge is 0.573 e. The smallest absolute Gasteiger partial charge is 0.403 e. The number of anilines is 1. The highest BCUT2D eigenvalue weighted by Gasteiger charge is 2.33. The standard InChI is InChI=1S/C8H5F3N4O2/c9-8(10,11)17-5-1-3(7(14)16)15-4(2-12)6(5)13/h1H,13H2,(H2,14,16). The number of amides is 1. The normalized spacial score (nSPS) is 10.7. The minimum atomic E-state index is -5.00. The van der Waals surface area contributed by atoms with Crippen LogP contribution in [-0.2, 0) is 0 Å². The summed E-state index contributed by atoms with van der Waals surface area (Å²) in [6.07, 6.45) is -5.00. The molecule has 9 heteroatoms. The quantitative estimate of drug-likeness (QED) is 0.789. The van der Waals surface area contributed by atoms with Crippen LogP contribution in [0.2, 0.25) is 0 Å². The maximum absolute atomic E-state index is 12.0. The number of aromatic nitrogens is 1. The first kappa shape index (κ1) is 12.6. The SMILES string of the molecule is N#Cc1nc(C(N)=O)cc(OC(F)(F)F)c1N. The number of carbonyl (C=O) groups is 1. The number of hydrogen-bond acceptors (Lipinski definition) is 5. The summed E-state index contributed by atoms with van der Waals surface area (Å²) in [5.74, 6) is -1.99. The summed E-state index contributed by atoms with van der Waals surface area (Å²) in [4.78, 5) is 14.1. The van der Waals surface area contributed by atoms with Crippen molar-refractivity contribution in [1.82, 2.24) is 4.98 Å². The first-order valence-electron chi connectivity index (χ1n) is 4.00. The molecule has 1 aromatic heterocycles. The molecule has 1 amide bonds. The van der Waals surface area contributed by atoms with Crippen molar-refractivity contribution in [2.24, 2.45) is 5.73 Å². The van der Waals surface area contributed by atoms with Gasteiger partial charge in [0.15, 0.2) is 11.4 Å². The third-order valence-corrected chi connectivity index (χ3v) is 1.60. The molecule has 4 N–H and O–H groups in total. The molecule has 0 spiro atoms. The molecule has 1 aromatic rings. The first-order valence-corrected chi connectivity index (χ1v) is 4.00. The van der Waals surface area contributed by atoms with Gasteiger partial charge in [0, 0.05) is 6.07 Å². The zero-order chi connectivity index (χ0) is 13.2. The van der Waals surface area contributed by atoms with Gasteiger partial charge in [-0.2, -0.15) is 5.26 Å². The van der Waals surface area contributed by atoms with E-state index in [2.05, 4.69) is 9.72 Å². The molecule has 1 rings (SSSR count). The average Bonchev–Trinajstić information content (AvgIpc) is 2.18. The molecule has 0 saturated heterocycles. The van der Waals surface area contributed by atoms with E-state index in [0.29, 0.717) is 6.07 Å². The van der Waals surface area contributed by atoms with E-state index >= 15 is 0 Å². The second-order valence-corrected chi connectivity index (χ2v) is 2.79. The summed E-state index contributed by atoms with van der Waals surface area (Å²) in [6.45, 7) is 0. The van der Waals surface area contributed by atoms with Gasteiger partial charge in [-0.3, -0.25) is 4.79 Å². The molecule has 6 nitrogen and oxygen atoms in total. The van der Waals surface area contributed by atoms with Crippen molar-refractivity contribution in [3.05, 3.63) is 17.5 Å². The zero-order valence-corrected chi connectivity index (χ0v) is 8.08. The lowest BCUT2D eigenvalue weighted by Gasteiger charge is -2.12. The lowest BCUT2D eigenvalue weighted by atomic mass is 10.2. The van der Waals surface area contributed by atoms with Gasteiger partial charge in [-0.1, -0.05) is 0 Å². The van der Waals surface area contributed by atoms with E-state index in [4.69, 9.17) is 16.7 Å². The van der Waals surface area contributed by atoms with Gasteiger partial charge < -0.3 is 16.2 Å². The van der Waals surface area contributed by atoms with Gasteiger partial charge in [0.05, 0.1) is 0 Å². The number of nitrogen functional groups attached to an aromatic ring is 1. The number of nitrogens with two attached hydrogens (primary N) is 2. The monoisotopic (exact) mass is 246 g/mol. The van der Waals surface area contributed by atoms with E-state index in [1.54, 1.807) is 0 Å². The van der Waals surface area contributed by atoms with Gasteiger partial charge in [-0.25, -0.2) is 4.98 Å². The molecule has 0 aliphatic heterocycles. The van der Waals surface area contributed by atoms with Crippen molar-refractivity contribution in [3.8, 4) is 11.8 Å². The number of rotatable bonds is 2. The van der Waals surface area contributed by atoms with Crippen LogP contribution in [0, 0.1) is 11.3 Å². The molecule has 0 aliphatic rings. The third kappa shape index (κ3) is 2.97. The lowest BCUT2D eigenvalue weighted by Crippen LogP contribution is -2.20. The highest BCUT2D eigenvalue weighted by molar-refractivity contribution is 5.92. The molecule has 17 heavy (non-hydrogen) atoms. The van der Waals surface area contributed by atoms with E-state index < -0.39 is 35.1 Å². The first-order chi connectivity index (χ1) is 7.74. The minimum Gasteiger partial charge on any atom is -0.403 e. The molecular weight excluding hydrogens is 241 g/mol. The highest BCUT2D eigenvalue weighted by atomic mass is 19.4. The Hall–Kier alpha value is -2.50. The molecule has 0 aliphatic carbocycles. The van der Waals surface area contributed by atoms with Crippen LogP contribution in [0.15, 0.2) is 6.07 Å². The Balaban J connectivity index is 3.34. The third-order valence-electron chi connectivity index (χ3n) is 1.60. The van der Waals surface area contributed by atoms with Gasteiger partial charge in [0.1, 0.15) is 17.5 Å². The number of halogens is 3. The van der Waals surface area contributed by atoms with Crippen LogP contribution in [0.5, 0.6) is 5.75 Å². The van der Waals surface area contributed by atoms with Crippen LogP contribution in [0.4, 0.5) is 18.9 Å². The van der Waals surface area contributed by atoms with Crippen LogP contribution in [0.3, 0.4) is 0 Å². The van der Waals surface area contributed by atoms with Crippen LogP contribution < -0.4 is 16.2 Å². The molecule has 0 atom stereocenters. The minimum absolute atomic E-state index is 0.546. The molecule has 0 bridgehead atoms. The molecule has 0 unspecified atom stereocenters. The predicted molar refractivity (Wildman–Crippen MR) is 48.6 cm³/mol. The summed E-state index contributed by atoms with van der Waals surface area (Å²) in [5.41, 5.74) is 8.31. The van der Waals surface area contributed by atoms with Gasteiger partial charge in [0.2, 0.25) is 0 Å². The number of ether oxygens (including phenoxy) is 1. The van der Waals surface area contributed by atoms with Gasteiger partial charge in [-0.15, -0.1) is 13.2 Å². The fourth-order valence-corrected chi connectivity index (χ4v) is 0.952. The number of alkyl halides is 3. The maximum atomic E-state index is 12.0. The van der Waals surface area contributed by atoms with E-state index in [1.165, 1.54) is 6.07 Å². The van der Waals surface area contributed by atoms with Crippen LogP contribution in [-0.4, -0.2) is 17.3 Å². The molecule has 1 heterocycles. The molecular formula is C8H5F3N4O2. The number of nitrogens with zero attached hydrogens (tertiary/aromatic N) is 2. The Morgan fingerprint density at radius 2 is 2.12 bits per heavy atom. The Morgan fingerprint density at radius 1 is 1.53 bits per heavy atom. The van der Waals surface area contributed by atoms with Crippen LogP contribution in [0.25, 0.3) is 0 Å². The topological polar surface area (TPSA) is 115 Å². The highest BCUT2D eigenvalue weighted by Crippen LogP contribution is 2.30. The molecule has 0 saturated carbocycles. The molecule has 0 fully saturated rings.